The molecule has 4 rings (SSSR count). The Bertz CT molecular complexity index is 760. The van der Waals surface area contributed by atoms with E-state index in [4.69, 9.17) is 4.74 Å². The maximum atomic E-state index is 12.6. The third kappa shape index (κ3) is 3.91. The number of aromatic nitrogens is 1. The molecule has 0 radical (unpaired) electrons. The van der Waals surface area contributed by atoms with Crippen molar-refractivity contribution in [2.45, 2.75) is 63.8 Å². The molecule has 5 nitrogen and oxygen atoms in total. The van der Waals surface area contributed by atoms with Gasteiger partial charge in [-0.2, -0.15) is 0 Å². The second-order valence-electron chi connectivity index (χ2n) is 7.51. The summed E-state index contributed by atoms with van der Waals surface area (Å²) in [5.74, 6) is 0.789. The highest BCUT2D eigenvalue weighted by molar-refractivity contribution is 7.13. The van der Waals surface area contributed by atoms with Crippen LogP contribution in [0.4, 0.5) is 0 Å². The van der Waals surface area contributed by atoms with Gasteiger partial charge in [0, 0.05) is 29.1 Å². The Morgan fingerprint density at radius 1 is 1.23 bits per heavy atom. The number of carbonyl (C=O) groups excluding carboxylic acids is 1. The lowest BCUT2D eigenvalue weighted by Gasteiger charge is -2.29. The Morgan fingerprint density at radius 3 is 2.58 bits per heavy atom. The fourth-order valence-electron chi connectivity index (χ4n) is 3.89. The van der Waals surface area contributed by atoms with E-state index in [-0.39, 0.29) is 18.1 Å². The first-order valence-electron chi connectivity index (χ1n) is 9.36. The molecule has 2 aromatic rings. The topological polar surface area (TPSA) is 63.2 Å². The fourth-order valence-corrected chi connectivity index (χ4v) is 4.70. The summed E-state index contributed by atoms with van der Waals surface area (Å²) in [7, 11) is 0. The number of piperidine rings is 1. The SMILES string of the molecule is CC(C)Oc1ccc(-c2nc(C(=O)NC3CC4CCC(C3)N4)cs2)cc1. The van der Waals surface area contributed by atoms with Gasteiger partial charge in [0.25, 0.3) is 5.91 Å². The van der Waals surface area contributed by atoms with Crippen molar-refractivity contribution in [3.63, 3.8) is 0 Å². The molecule has 0 spiro atoms. The molecule has 1 amide bonds. The van der Waals surface area contributed by atoms with Crippen molar-refractivity contribution in [3.05, 3.63) is 35.3 Å². The number of fused-ring (bicyclic) bond motifs is 2. The summed E-state index contributed by atoms with van der Waals surface area (Å²) < 4.78 is 5.67. The van der Waals surface area contributed by atoms with Gasteiger partial charge in [-0.25, -0.2) is 4.98 Å². The highest BCUT2D eigenvalue weighted by Gasteiger charge is 2.34. The van der Waals surface area contributed by atoms with Crippen molar-refractivity contribution in [3.8, 4) is 16.3 Å². The minimum absolute atomic E-state index is 0.0569. The molecule has 138 valence electrons. The second kappa shape index (κ2) is 7.37. The van der Waals surface area contributed by atoms with Crippen LogP contribution in [0, 0.1) is 0 Å². The van der Waals surface area contributed by atoms with Crippen molar-refractivity contribution in [2.75, 3.05) is 0 Å². The molecule has 2 aliphatic heterocycles. The van der Waals surface area contributed by atoms with Crippen LogP contribution >= 0.6 is 11.3 Å². The molecule has 2 saturated heterocycles. The highest BCUT2D eigenvalue weighted by Crippen LogP contribution is 2.28. The number of hydrogen-bond donors (Lipinski definition) is 2. The molecule has 2 atom stereocenters. The number of nitrogens with zero attached hydrogens (tertiary/aromatic N) is 1. The molecule has 0 aliphatic carbocycles. The summed E-state index contributed by atoms with van der Waals surface area (Å²) in [4.78, 5) is 17.1. The van der Waals surface area contributed by atoms with E-state index in [0.29, 0.717) is 17.8 Å². The maximum Gasteiger partial charge on any atom is 0.270 e. The van der Waals surface area contributed by atoms with Gasteiger partial charge in [-0.1, -0.05) is 0 Å². The van der Waals surface area contributed by atoms with Gasteiger partial charge >= 0.3 is 0 Å². The Balaban J connectivity index is 1.40. The average molecular weight is 372 g/mol. The van der Waals surface area contributed by atoms with E-state index >= 15 is 0 Å². The minimum atomic E-state index is -0.0569. The summed E-state index contributed by atoms with van der Waals surface area (Å²) in [6, 6.07) is 9.26. The summed E-state index contributed by atoms with van der Waals surface area (Å²) >= 11 is 1.50. The van der Waals surface area contributed by atoms with Gasteiger partial charge in [0.05, 0.1) is 6.10 Å². The van der Waals surface area contributed by atoms with Crippen molar-refractivity contribution in [1.29, 1.82) is 0 Å². The van der Waals surface area contributed by atoms with Crippen LogP contribution in [0.5, 0.6) is 5.75 Å². The van der Waals surface area contributed by atoms with Crippen LogP contribution in [-0.2, 0) is 0 Å². The lowest BCUT2D eigenvalue weighted by atomic mass is 10.00. The smallest absolute Gasteiger partial charge is 0.270 e. The molecular formula is C20H25N3O2S. The predicted octanol–water partition coefficient (Wildman–Crippen LogP) is 3.61. The van der Waals surface area contributed by atoms with E-state index in [1.807, 2.05) is 43.5 Å². The Hall–Kier alpha value is -1.92. The summed E-state index contributed by atoms with van der Waals surface area (Å²) in [5.41, 5.74) is 1.52. The molecule has 2 bridgehead atoms. The molecular weight excluding hydrogens is 346 g/mol. The lowest BCUT2D eigenvalue weighted by Crippen LogP contribution is -2.48. The van der Waals surface area contributed by atoms with Crippen LogP contribution in [0.15, 0.2) is 29.6 Å². The van der Waals surface area contributed by atoms with E-state index in [9.17, 15) is 4.79 Å². The molecule has 2 aliphatic rings. The largest absolute Gasteiger partial charge is 0.491 e. The quantitative estimate of drug-likeness (QED) is 0.843. The first-order chi connectivity index (χ1) is 12.6. The Labute approximate surface area is 158 Å². The molecule has 3 heterocycles. The number of thiazole rings is 1. The summed E-state index contributed by atoms with van der Waals surface area (Å²) in [6.07, 6.45) is 4.66. The molecule has 2 fully saturated rings. The van der Waals surface area contributed by atoms with Gasteiger partial charge in [0.2, 0.25) is 0 Å². The van der Waals surface area contributed by atoms with Crippen molar-refractivity contribution < 1.29 is 9.53 Å². The van der Waals surface area contributed by atoms with Crippen LogP contribution in [0.25, 0.3) is 10.6 Å². The van der Waals surface area contributed by atoms with E-state index < -0.39 is 0 Å². The Kier molecular flexibility index (Phi) is 4.96. The number of carbonyl (C=O) groups is 1. The van der Waals surface area contributed by atoms with Gasteiger partial charge in [-0.15, -0.1) is 11.3 Å². The summed E-state index contributed by atoms with van der Waals surface area (Å²) in [5, 5.41) is 9.48. The van der Waals surface area contributed by atoms with E-state index in [1.165, 1.54) is 24.2 Å². The van der Waals surface area contributed by atoms with E-state index in [1.54, 1.807) is 0 Å². The first kappa shape index (κ1) is 17.5. The van der Waals surface area contributed by atoms with Crippen LogP contribution in [0.1, 0.15) is 50.0 Å². The van der Waals surface area contributed by atoms with Gasteiger partial charge < -0.3 is 15.4 Å². The normalized spacial score (nSPS) is 24.7. The van der Waals surface area contributed by atoms with Crippen LogP contribution < -0.4 is 15.4 Å². The number of ether oxygens (including phenoxy) is 1. The monoisotopic (exact) mass is 371 g/mol. The molecule has 2 unspecified atom stereocenters. The van der Waals surface area contributed by atoms with Crippen molar-refractivity contribution >= 4 is 17.2 Å². The number of rotatable bonds is 5. The third-order valence-corrected chi connectivity index (χ3v) is 5.91. The molecule has 6 heteroatoms. The molecule has 1 aromatic heterocycles. The standard InChI is InChI=1S/C20H25N3O2S/c1-12(2)25-17-7-3-13(4-8-17)20-23-18(11-26-20)19(24)22-16-9-14-5-6-15(10-16)21-14/h3-4,7-8,11-12,14-16,21H,5-6,9-10H2,1-2H3,(H,22,24). The second-order valence-corrected chi connectivity index (χ2v) is 8.37. The van der Waals surface area contributed by atoms with Crippen LogP contribution in [0.2, 0.25) is 0 Å². The molecule has 26 heavy (non-hydrogen) atoms. The zero-order valence-corrected chi connectivity index (χ0v) is 16.0. The van der Waals surface area contributed by atoms with Gasteiger partial charge in [0.15, 0.2) is 0 Å². The first-order valence-corrected chi connectivity index (χ1v) is 10.2. The number of nitrogens with one attached hydrogen (secondary N) is 2. The fraction of sp³-hybridized carbons (Fsp3) is 0.500. The zero-order valence-electron chi connectivity index (χ0n) is 15.2. The number of hydrogen-bond acceptors (Lipinski definition) is 5. The van der Waals surface area contributed by atoms with Crippen LogP contribution in [-0.4, -0.2) is 35.1 Å². The minimum Gasteiger partial charge on any atom is -0.491 e. The average Bonchev–Trinajstić information content (AvgIpc) is 3.22. The van der Waals surface area contributed by atoms with Crippen molar-refractivity contribution in [2.24, 2.45) is 0 Å². The zero-order chi connectivity index (χ0) is 18.1. The van der Waals surface area contributed by atoms with Crippen molar-refractivity contribution in [1.82, 2.24) is 15.6 Å². The van der Waals surface area contributed by atoms with Gasteiger partial charge in [-0.05, 0) is 63.8 Å². The third-order valence-electron chi connectivity index (χ3n) is 5.02. The lowest BCUT2D eigenvalue weighted by molar-refractivity contribution is 0.0919. The Morgan fingerprint density at radius 2 is 1.92 bits per heavy atom. The molecule has 1 aromatic carbocycles. The summed E-state index contributed by atoms with van der Waals surface area (Å²) in [6.45, 7) is 4.01. The number of benzene rings is 1. The van der Waals surface area contributed by atoms with Crippen LogP contribution in [0.3, 0.4) is 0 Å². The highest BCUT2D eigenvalue weighted by atomic mass is 32.1. The van der Waals surface area contributed by atoms with Gasteiger partial charge in [0.1, 0.15) is 16.5 Å². The maximum absolute atomic E-state index is 12.6. The predicted molar refractivity (Wildman–Crippen MR) is 104 cm³/mol. The van der Waals surface area contributed by atoms with Gasteiger partial charge in [-0.3, -0.25) is 4.79 Å². The molecule has 0 saturated carbocycles. The molecule has 2 N–H and O–H groups in total. The number of amides is 1. The van der Waals surface area contributed by atoms with E-state index in [2.05, 4.69) is 15.6 Å². The van der Waals surface area contributed by atoms with E-state index in [0.717, 1.165) is 29.2 Å².